The lowest BCUT2D eigenvalue weighted by atomic mass is 9.97. The maximum absolute atomic E-state index is 13.6. The monoisotopic (exact) mass is 325 g/mol. The Bertz CT molecular complexity index is 719. The van der Waals surface area contributed by atoms with E-state index in [-0.39, 0.29) is 30.9 Å². The van der Waals surface area contributed by atoms with Crippen molar-refractivity contribution in [2.75, 3.05) is 13.1 Å². The molecule has 1 amide bonds. The molecule has 0 aliphatic heterocycles. The minimum absolute atomic E-state index is 0.139. The van der Waals surface area contributed by atoms with Gasteiger partial charge in [0.1, 0.15) is 11.9 Å². The summed E-state index contributed by atoms with van der Waals surface area (Å²) in [6.45, 7) is 2.53. The van der Waals surface area contributed by atoms with E-state index in [1.165, 1.54) is 17.7 Å². The van der Waals surface area contributed by atoms with E-state index in [0.717, 1.165) is 17.5 Å². The molecule has 0 aliphatic rings. The van der Waals surface area contributed by atoms with Crippen molar-refractivity contribution in [2.45, 2.75) is 19.4 Å². The fourth-order valence-corrected chi connectivity index (χ4v) is 2.57. The predicted molar refractivity (Wildman–Crippen MR) is 92.7 cm³/mol. The molecule has 1 atom stereocenters. The highest BCUT2D eigenvalue weighted by Gasteiger charge is 2.19. The molecule has 2 aromatic rings. The Morgan fingerprint density at radius 1 is 1.25 bits per heavy atom. The Morgan fingerprint density at radius 3 is 2.62 bits per heavy atom. The number of benzene rings is 2. The summed E-state index contributed by atoms with van der Waals surface area (Å²) in [7, 11) is 0. The molecule has 0 saturated heterocycles. The van der Waals surface area contributed by atoms with Crippen LogP contribution < -0.4 is 10.6 Å². The van der Waals surface area contributed by atoms with Crippen LogP contribution in [-0.2, 0) is 11.2 Å². The topological polar surface area (TPSA) is 45.7 Å². The summed E-state index contributed by atoms with van der Waals surface area (Å²) >= 11 is 0. The van der Waals surface area contributed by atoms with Crippen LogP contribution in [-0.4, -0.2) is 19.0 Å². The first-order chi connectivity index (χ1) is 11.6. The minimum atomic E-state index is -0.284. The van der Waals surface area contributed by atoms with Crippen LogP contribution in [0.4, 0.5) is 4.39 Å². The standard InChI is InChI=1S/C20H21FN2O/c1-3-12-22-19(24)14-23-20(17-6-5-7-18(21)13-17)16-10-8-15(4-2)9-11-16/h1,5-11,13,20,23H,4,12,14H2,2H3,(H,22,24)/p+1/t20-/m0/s1. The Hall–Kier alpha value is -2.64. The van der Waals surface area contributed by atoms with Gasteiger partial charge in [0.15, 0.2) is 6.54 Å². The first-order valence-electron chi connectivity index (χ1n) is 8.01. The number of nitrogens with two attached hydrogens (primary N) is 1. The highest BCUT2D eigenvalue weighted by atomic mass is 19.1. The number of quaternary nitrogens is 1. The fraction of sp³-hybridized carbons (Fsp3) is 0.250. The van der Waals surface area contributed by atoms with Crippen molar-refractivity contribution < 1.29 is 14.5 Å². The number of hydrogen-bond acceptors (Lipinski definition) is 1. The maximum atomic E-state index is 13.6. The molecule has 2 aromatic carbocycles. The van der Waals surface area contributed by atoms with Gasteiger partial charge in [-0.15, -0.1) is 6.42 Å². The average molecular weight is 325 g/mol. The van der Waals surface area contributed by atoms with Gasteiger partial charge < -0.3 is 10.6 Å². The van der Waals surface area contributed by atoms with E-state index in [1.54, 1.807) is 6.07 Å². The third-order valence-electron chi connectivity index (χ3n) is 3.88. The van der Waals surface area contributed by atoms with E-state index in [9.17, 15) is 9.18 Å². The Labute approximate surface area is 142 Å². The zero-order valence-corrected chi connectivity index (χ0v) is 13.8. The van der Waals surface area contributed by atoms with Crippen LogP contribution in [0.5, 0.6) is 0 Å². The number of terminal acetylenes is 1. The van der Waals surface area contributed by atoms with E-state index >= 15 is 0 Å². The Morgan fingerprint density at radius 2 is 2.00 bits per heavy atom. The van der Waals surface area contributed by atoms with E-state index in [2.05, 4.69) is 30.3 Å². The van der Waals surface area contributed by atoms with Crippen molar-refractivity contribution in [3.8, 4) is 12.3 Å². The molecule has 124 valence electrons. The van der Waals surface area contributed by atoms with Gasteiger partial charge >= 0.3 is 0 Å². The van der Waals surface area contributed by atoms with Crippen LogP contribution in [0, 0.1) is 18.2 Å². The maximum Gasteiger partial charge on any atom is 0.275 e. The highest BCUT2D eigenvalue weighted by Crippen LogP contribution is 2.20. The number of halogens is 1. The molecule has 0 saturated carbocycles. The normalized spacial score (nSPS) is 11.5. The lowest BCUT2D eigenvalue weighted by Crippen LogP contribution is -2.87. The van der Waals surface area contributed by atoms with Crippen LogP contribution >= 0.6 is 0 Å². The number of nitrogens with one attached hydrogen (secondary N) is 1. The summed E-state index contributed by atoms with van der Waals surface area (Å²) < 4.78 is 13.6. The molecule has 24 heavy (non-hydrogen) atoms. The molecule has 3 N–H and O–H groups in total. The smallest absolute Gasteiger partial charge is 0.275 e. The number of amides is 1. The van der Waals surface area contributed by atoms with Crippen molar-refractivity contribution in [2.24, 2.45) is 0 Å². The molecule has 0 unspecified atom stereocenters. The van der Waals surface area contributed by atoms with Gasteiger partial charge in [0.25, 0.3) is 5.91 Å². The largest absolute Gasteiger partial charge is 0.340 e. The Balaban J connectivity index is 2.21. The predicted octanol–water partition coefficient (Wildman–Crippen LogP) is 1.79. The average Bonchev–Trinajstić information content (AvgIpc) is 2.60. The number of rotatable bonds is 7. The fourth-order valence-electron chi connectivity index (χ4n) is 2.57. The van der Waals surface area contributed by atoms with Gasteiger partial charge in [0.2, 0.25) is 0 Å². The molecule has 0 heterocycles. The van der Waals surface area contributed by atoms with Gasteiger partial charge in [-0.25, -0.2) is 4.39 Å². The zero-order chi connectivity index (χ0) is 17.4. The SMILES string of the molecule is C#CCNC(=O)C[NH2+][C@@H](c1ccc(CC)cc1)c1cccc(F)c1. The molecule has 4 heteroatoms. The second kappa shape index (κ2) is 8.85. The van der Waals surface area contributed by atoms with Gasteiger partial charge in [0.05, 0.1) is 6.54 Å². The molecule has 2 rings (SSSR count). The van der Waals surface area contributed by atoms with Crippen LogP contribution in [0.25, 0.3) is 0 Å². The quantitative estimate of drug-likeness (QED) is 0.749. The van der Waals surface area contributed by atoms with Crippen molar-refractivity contribution in [3.05, 3.63) is 71.0 Å². The number of hydrogen-bond donors (Lipinski definition) is 2. The van der Waals surface area contributed by atoms with Crippen molar-refractivity contribution in [3.63, 3.8) is 0 Å². The first-order valence-corrected chi connectivity index (χ1v) is 8.01. The van der Waals surface area contributed by atoms with Crippen molar-refractivity contribution in [1.29, 1.82) is 0 Å². The van der Waals surface area contributed by atoms with Gasteiger partial charge in [0, 0.05) is 11.1 Å². The first kappa shape index (κ1) is 17.7. The van der Waals surface area contributed by atoms with Gasteiger partial charge in [-0.3, -0.25) is 4.79 Å². The molecule has 0 radical (unpaired) electrons. The lowest BCUT2D eigenvalue weighted by Gasteiger charge is -2.17. The molecule has 3 nitrogen and oxygen atoms in total. The van der Waals surface area contributed by atoms with Crippen molar-refractivity contribution >= 4 is 5.91 Å². The molecule has 0 aliphatic carbocycles. The van der Waals surface area contributed by atoms with Gasteiger partial charge in [-0.1, -0.05) is 49.2 Å². The number of carbonyl (C=O) groups excluding carboxylic acids is 1. The molecular weight excluding hydrogens is 303 g/mol. The van der Waals surface area contributed by atoms with E-state index in [1.807, 2.05) is 23.5 Å². The van der Waals surface area contributed by atoms with Crippen LogP contribution in [0.15, 0.2) is 48.5 Å². The van der Waals surface area contributed by atoms with Gasteiger partial charge in [-0.2, -0.15) is 0 Å². The van der Waals surface area contributed by atoms with E-state index in [4.69, 9.17) is 6.42 Å². The Kier molecular flexibility index (Phi) is 6.53. The molecule has 0 spiro atoms. The lowest BCUT2D eigenvalue weighted by molar-refractivity contribution is -0.676. The van der Waals surface area contributed by atoms with Crippen LogP contribution in [0.2, 0.25) is 0 Å². The van der Waals surface area contributed by atoms with Crippen LogP contribution in [0.3, 0.4) is 0 Å². The summed E-state index contributed by atoms with van der Waals surface area (Å²) in [6.07, 6.45) is 6.10. The summed E-state index contributed by atoms with van der Waals surface area (Å²) in [6, 6.07) is 14.5. The third kappa shape index (κ3) is 4.94. The van der Waals surface area contributed by atoms with Gasteiger partial charge in [-0.05, 0) is 24.1 Å². The number of aryl methyl sites for hydroxylation is 1. The third-order valence-corrected chi connectivity index (χ3v) is 3.88. The van der Waals surface area contributed by atoms with Crippen molar-refractivity contribution in [1.82, 2.24) is 5.32 Å². The summed E-state index contributed by atoms with van der Waals surface area (Å²) in [5.41, 5.74) is 3.09. The highest BCUT2D eigenvalue weighted by molar-refractivity contribution is 5.76. The number of carbonyl (C=O) groups is 1. The molecule has 0 fully saturated rings. The molecule has 0 aromatic heterocycles. The summed E-state index contributed by atoms with van der Waals surface area (Å²) in [5.74, 6) is 1.95. The summed E-state index contributed by atoms with van der Waals surface area (Å²) in [4.78, 5) is 11.8. The molecular formula is C20H22FN2O+. The van der Waals surface area contributed by atoms with E-state index < -0.39 is 0 Å². The second-order valence-corrected chi connectivity index (χ2v) is 5.55. The summed E-state index contributed by atoms with van der Waals surface area (Å²) in [5, 5.41) is 4.53. The molecule has 0 bridgehead atoms. The van der Waals surface area contributed by atoms with Crippen LogP contribution in [0.1, 0.15) is 29.7 Å². The zero-order valence-electron chi connectivity index (χ0n) is 13.8. The minimum Gasteiger partial charge on any atom is -0.340 e. The van der Waals surface area contributed by atoms with E-state index in [0.29, 0.717) is 0 Å². The second-order valence-electron chi connectivity index (χ2n) is 5.55.